The van der Waals surface area contributed by atoms with Gasteiger partial charge in [-0.05, 0) is 30.9 Å². The zero-order chi connectivity index (χ0) is 13.7. The van der Waals surface area contributed by atoms with E-state index in [4.69, 9.17) is 10.4 Å². The Balaban J connectivity index is 1.92. The summed E-state index contributed by atoms with van der Waals surface area (Å²) in [5.41, 5.74) is 1.66. The smallest absolute Gasteiger partial charge is 0.306 e. The Kier molecular flexibility index (Phi) is 4.53. The zero-order valence-corrected chi connectivity index (χ0v) is 10.8. The molecule has 1 fully saturated rings. The monoisotopic (exact) mass is 258 g/mol. The molecule has 0 bridgehead atoms. The van der Waals surface area contributed by atoms with Gasteiger partial charge in [-0.15, -0.1) is 0 Å². The molecule has 0 saturated heterocycles. The molecule has 2 rings (SSSR count). The number of hydrogen-bond acceptors (Lipinski definition) is 3. The molecule has 0 spiro atoms. The molecule has 1 aromatic carbocycles. The van der Waals surface area contributed by atoms with Crippen molar-refractivity contribution in [1.29, 1.82) is 5.26 Å². The second-order valence-electron chi connectivity index (χ2n) is 5.05. The van der Waals surface area contributed by atoms with Crippen LogP contribution in [0.15, 0.2) is 24.3 Å². The fraction of sp³-hybridized carbons (Fsp3) is 0.467. The van der Waals surface area contributed by atoms with Gasteiger partial charge >= 0.3 is 5.97 Å². The average Bonchev–Trinajstić information content (AvgIpc) is 2.45. The Hall–Kier alpha value is -1.86. The Morgan fingerprint density at radius 2 is 2.21 bits per heavy atom. The first-order valence-corrected chi connectivity index (χ1v) is 6.65. The van der Waals surface area contributed by atoms with Crippen molar-refractivity contribution in [2.45, 2.75) is 38.3 Å². The highest BCUT2D eigenvalue weighted by molar-refractivity contribution is 5.70. The predicted molar refractivity (Wildman–Crippen MR) is 71.4 cm³/mol. The molecule has 19 heavy (non-hydrogen) atoms. The normalized spacial score (nSPS) is 22.7. The highest BCUT2D eigenvalue weighted by Crippen LogP contribution is 2.24. The molecule has 0 aliphatic heterocycles. The number of rotatable bonds is 4. The molecule has 100 valence electrons. The third-order valence-corrected chi connectivity index (χ3v) is 3.74. The number of nitrogens with zero attached hydrogens (tertiary/aromatic N) is 1. The van der Waals surface area contributed by atoms with Gasteiger partial charge in [0.25, 0.3) is 0 Å². The van der Waals surface area contributed by atoms with E-state index in [1.807, 2.05) is 18.2 Å². The summed E-state index contributed by atoms with van der Waals surface area (Å²) in [6.07, 6.45) is 3.43. The Morgan fingerprint density at radius 1 is 1.42 bits per heavy atom. The van der Waals surface area contributed by atoms with E-state index in [1.54, 1.807) is 6.07 Å². The number of aliphatic carboxylic acids is 1. The predicted octanol–water partition coefficient (Wildman–Crippen LogP) is 2.29. The largest absolute Gasteiger partial charge is 0.481 e. The molecule has 1 aliphatic carbocycles. The van der Waals surface area contributed by atoms with Gasteiger partial charge in [0.05, 0.1) is 17.6 Å². The molecule has 0 amide bonds. The first-order valence-electron chi connectivity index (χ1n) is 6.65. The SMILES string of the molecule is N#Cc1ccccc1CNC1CCCC(C(=O)O)C1. The molecule has 2 N–H and O–H groups in total. The summed E-state index contributed by atoms with van der Waals surface area (Å²) in [5, 5.41) is 21.5. The van der Waals surface area contributed by atoms with Gasteiger partial charge in [0.15, 0.2) is 0 Å². The molecule has 2 unspecified atom stereocenters. The number of carboxylic acids is 1. The van der Waals surface area contributed by atoms with Gasteiger partial charge in [-0.3, -0.25) is 4.79 Å². The molecular formula is C15H18N2O2. The Bertz CT molecular complexity index is 493. The number of benzene rings is 1. The number of carbonyl (C=O) groups is 1. The van der Waals surface area contributed by atoms with Gasteiger partial charge in [-0.25, -0.2) is 0 Å². The van der Waals surface area contributed by atoms with Gasteiger partial charge in [0.2, 0.25) is 0 Å². The minimum atomic E-state index is -0.691. The topological polar surface area (TPSA) is 73.1 Å². The molecule has 4 heteroatoms. The minimum Gasteiger partial charge on any atom is -0.481 e. The van der Waals surface area contributed by atoms with E-state index >= 15 is 0 Å². The van der Waals surface area contributed by atoms with Crippen molar-refractivity contribution in [2.24, 2.45) is 5.92 Å². The van der Waals surface area contributed by atoms with Gasteiger partial charge in [0, 0.05) is 12.6 Å². The molecule has 4 nitrogen and oxygen atoms in total. The quantitative estimate of drug-likeness (QED) is 0.869. The summed E-state index contributed by atoms with van der Waals surface area (Å²) in [6, 6.07) is 9.92. The number of nitriles is 1. The summed E-state index contributed by atoms with van der Waals surface area (Å²) in [4.78, 5) is 11.0. The van der Waals surface area contributed by atoms with Crippen LogP contribution in [0.3, 0.4) is 0 Å². The standard InChI is InChI=1S/C15H18N2O2/c16-9-12-4-1-2-5-13(12)10-17-14-7-3-6-11(8-14)15(18)19/h1-2,4-5,11,14,17H,3,6-8,10H2,(H,18,19). The molecule has 0 heterocycles. The summed E-state index contributed by atoms with van der Waals surface area (Å²) >= 11 is 0. The van der Waals surface area contributed by atoms with Crippen molar-refractivity contribution in [2.75, 3.05) is 0 Å². The zero-order valence-electron chi connectivity index (χ0n) is 10.8. The van der Waals surface area contributed by atoms with Crippen LogP contribution < -0.4 is 5.32 Å². The first-order chi connectivity index (χ1) is 9.20. The van der Waals surface area contributed by atoms with Crippen LogP contribution in [0, 0.1) is 17.2 Å². The number of carboxylic acid groups (broad SMARTS) is 1. The van der Waals surface area contributed by atoms with Crippen LogP contribution >= 0.6 is 0 Å². The van der Waals surface area contributed by atoms with Gasteiger partial charge in [-0.2, -0.15) is 5.26 Å². The van der Waals surface area contributed by atoms with Crippen molar-refractivity contribution >= 4 is 5.97 Å². The molecule has 1 saturated carbocycles. The minimum absolute atomic E-state index is 0.225. The summed E-state index contributed by atoms with van der Waals surface area (Å²) in [7, 11) is 0. The number of nitrogens with one attached hydrogen (secondary N) is 1. The van der Waals surface area contributed by atoms with Crippen molar-refractivity contribution in [3.63, 3.8) is 0 Å². The van der Waals surface area contributed by atoms with Crippen molar-refractivity contribution in [1.82, 2.24) is 5.32 Å². The maximum absolute atomic E-state index is 11.0. The molecule has 0 radical (unpaired) electrons. The fourth-order valence-electron chi connectivity index (χ4n) is 2.64. The summed E-state index contributed by atoms with van der Waals surface area (Å²) in [5.74, 6) is -0.915. The Morgan fingerprint density at radius 3 is 2.95 bits per heavy atom. The first kappa shape index (κ1) is 13.6. The lowest BCUT2D eigenvalue weighted by Crippen LogP contribution is -2.36. The van der Waals surface area contributed by atoms with Crippen molar-refractivity contribution in [3.05, 3.63) is 35.4 Å². The third kappa shape index (κ3) is 3.55. The van der Waals surface area contributed by atoms with E-state index in [9.17, 15) is 4.79 Å². The molecule has 2 atom stereocenters. The lowest BCUT2D eigenvalue weighted by atomic mass is 9.85. The average molecular weight is 258 g/mol. The van der Waals surface area contributed by atoms with E-state index < -0.39 is 5.97 Å². The van der Waals surface area contributed by atoms with E-state index in [2.05, 4.69) is 11.4 Å². The highest BCUT2D eigenvalue weighted by atomic mass is 16.4. The second-order valence-corrected chi connectivity index (χ2v) is 5.05. The second kappa shape index (κ2) is 6.35. The maximum Gasteiger partial charge on any atom is 0.306 e. The highest BCUT2D eigenvalue weighted by Gasteiger charge is 2.26. The van der Waals surface area contributed by atoms with Crippen LogP contribution in [-0.4, -0.2) is 17.1 Å². The van der Waals surface area contributed by atoms with Crippen LogP contribution in [0.2, 0.25) is 0 Å². The number of hydrogen-bond donors (Lipinski definition) is 2. The lowest BCUT2D eigenvalue weighted by molar-refractivity contribution is -0.143. The van der Waals surface area contributed by atoms with Gasteiger partial charge in [-0.1, -0.05) is 24.6 Å². The van der Waals surface area contributed by atoms with Crippen LogP contribution in [-0.2, 0) is 11.3 Å². The van der Waals surface area contributed by atoms with Crippen LogP contribution in [0.4, 0.5) is 0 Å². The fourth-order valence-corrected chi connectivity index (χ4v) is 2.64. The summed E-state index contributed by atoms with van der Waals surface area (Å²) < 4.78 is 0. The summed E-state index contributed by atoms with van der Waals surface area (Å²) in [6.45, 7) is 0.626. The Labute approximate surface area is 113 Å². The molecular weight excluding hydrogens is 240 g/mol. The van der Waals surface area contributed by atoms with Crippen LogP contribution in [0.1, 0.15) is 36.8 Å². The van der Waals surface area contributed by atoms with E-state index in [-0.39, 0.29) is 12.0 Å². The van der Waals surface area contributed by atoms with Crippen molar-refractivity contribution < 1.29 is 9.90 Å². The van der Waals surface area contributed by atoms with Crippen LogP contribution in [0.25, 0.3) is 0 Å². The van der Waals surface area contributed by atoms with E-state index in [0.717, 1.165) is 24.8 Å². The van der Waals surface area contributed by atoms with E-state index in [1.165, 1.54) is 0 Å². The third-order valence-electron chi connectivity index (χ3n) is 3.74. The maximum atomic E-state index is 11.0. The van der Waals surface area contributed by atoms with Crippen LogP contribution in [0.5, 0.6) is 0 Å². The molecule has 0 aromatic heterocycles. The molecule has 1 aliphatic rings. The van der Waals surface area contributed by atoms with Gasteiger partial charge in [0.1, 0.15) is 0 Å². The van der Waals surface area contributed by atoms with E-state index in [0.29, 0.717) is 18.5 Å². The van der Waals surface area contributed by atoms with Gasteiger partial charge < -0.3 is 10.4 Å². The lowest BCUT2D eigenvalue weighted by Gasteiger charge is -2.27. The van der Waals surface area contributed by atoms with Crippen molar-refractivity contribution in [3.8, 4) is 6.07 Å². The molecule has 1 aromatic rings.